The fourth-order valence-corrected chi connectivity index (χ4v) is 5.08. The number of benzene rings is 1. The fourth-order valence-electron chi connectivity index (χ4n) is 2.28. The summed E-state index contributed by atoms with van der Waals surface area (Å²) in [6.07, 6.45) is 1.05. The normalized spacial score (nSPS) is 10.4. The molecule has 9 heteroatoms. The van der Waals surface area contributed by atoms with Crippen molar-refractivity contribution in [3.63, 3.8) is 0 Å². The lowest BCUT2D eigenvalue weighted by atomic mass is 10.3. The molecule has 0 radical (unpaired) electrons. The summed E-state index contributed by atoms with van der Waals surface area (Å²) >= 11 is 9.60. The Hall–Kier alpha value is -1.66. The molecule has 0 unspecified atom stereocenters. The topological polar surface area (TPSA) is 79.2 Å². The lowest BCUT2D eigenvalue weighted by Gasteiger charge is -2.05. The molecule has 1 N–H and O–H groups in total. The van der Waals surface area contributed by atoms with Crippen LogP contribution in [0.1, 0.15) is 35.0 Å². The number of anilines is 1. The number of thiocyanates is 1. The maximum Gasteiger partial charge on any atom is 0.348 e. The molecule has 5 nitrogen and oxygen atoms in total. The summed E-state index contributed by atoms with van der Waals surface area (Å²) in [5.74, 6) is 0.213. The predicted molar refractivity (Wildman–Crippen MR) is 117 cm³/mol. The minimum Gasteiger partial charge on any atom is -0.462 e. The number of halogens is 1. The molecule has 2 aromatic rings. The van der Waals surface area contributed by atoms with Crippen molar-refractivity contribution in [2.24, 2.45) is 0 Å². The van der Waals surface area contributed by atoms with E-state index in [1.54, 1.807) is 25.6 Å². The van der Waals surface area contributed by atoms with E-state index in [2.05, 4.69) is 5.32 Å². The van der Waals surface area contributed by atoms with Gasteiger partial charge in [-0.1, -0.05) is 11.6 Å². The number of carbonyl (C=O) groups is 2. The highest BCUT2D eigenvalue weighted by atomic mass is 35.5. The van der Waals surface area contributed by atoms with Crippen LogP contribution in [0.25, 0.3) is 0 Å². The van der Waals surface area contributed by atoms with Crippen LogP contribution in [0.5, 0.6) is 0 Å². The minimum absolute atomic E-state index is 0.145. The van der Waals surface area contributed by atoms with Gasteiger partial charge in [0, 0.05) is 16.3 Å². The number of ether oxygens (including phenoxy) is 1. The summed E-state index contributed by atoms with van der Waals surface area (Å²) in [5, 5.41) is 15.1. The summed E-state index contributed by atoms with van der Waals surface area (Å²) in [7, 11) is 0. The second-order valence-corrected chi connectivity index (χ2v) is 9.00. The van der Waals surface area contributed by atoms with Crippen LogP contribution in [0, 0.1) is 17.6 Å². The van der Waals surface area contributed by atoms with Crippen LogP contribution in [0.3, 0.4) is 0 Å². The number of rotatable bonds is 9. The quantitative estimate of drug-likeness (QED) is 0.217. The summed E-state index contributed by atoms with van der Waals surface area (Å²) < 4.78 is 5.04. The van der Waals surface area contributed by atoms with Crippen molar-refractivity contribution < 1.29 is 14.3 Å². The highest BCUT2D eigenvalue weighted by Crippen LogP contribution is 2.40. The number of hydrogen-bond acceptors (Lipinski definition) is 7. The van der Waals surface area contributed by atoms with Gasteiger partial charge in [0.25, 0.3) is 0 Å². The van der Waals surface area contributed by atoms with E-state index in [4.69, 9.17) is 21.6 Å². The van der Waals surface area contributed by atoms with Gasteiger partial charge in [0.05, 0.1) is 11.5 Å². The van der Waals surface area contributed by atoms with Gasteiger partial charge in [0.1, 0.15) is 15.3 Å². The number of thioether (sulfide) groups is 2. The fraction of sp³-hybridized carbons (Fsp3) is 0.316. The average Bonchev–Trinajstić information content (AvgIpc) is 2.97. The first kappa shape index (κ1) is 22.6. The van der Waals surface area contributed by atoms with Gasteiger partial charge >= 0.3 is 5.97 Å². The highest BCUT2D eigenvalue weighted by Gasteiger charge is 2.22. The van der Waals surface area contributed by atoms with Crippen LogP contribution in [-0.2, 0) is 9.53 Å². The van der Waals surface area contributed by atoms with Crippen LogP contribution < -0.4 is 5.32 Å². The van der Waals surface area contributed by atoms with Gasteiger partial charge in [-0.15, -0.1) is 23.1 Å². The molecule has 0 saturated heterocycles. The van der Waals surface area contributed by atoms with Crippen LogP contribution in [-0.4, -0.2) is 24.2 Å². The Morgan fingerprint density at radius 1 is 1.32 bits per heavy atom. The maximum atomic E-state index is 12.3. The van der Waals surface area contributed by atoms with E-state index in [0.29, 0.717) is 38.2 Å². The van der Waals surface area contributed by atoms with Gasteiger partial charge in [-0.05, 0) is 67.6 Å². The number of nitriles is 1. The number of thiophene rings is 1. The van der Waals surface area contributed by atoms with Crippen LogP contribution >= 0.6 is 46.5 Å². The number of nitrogens with one attached hydrogen (secondary N) is 1. The molecule has 2 rings (SSSR count). The molecule has 1 heterocycles. The third-order valence-electron chi connectivity index (χ3n) is 3.58. The summed E-state index contributed by atoms with van der Waals surface area (Å²) in [6, 6.07) is 7.57. The number of hydrogen-bond donors (Lipinski definition) is 1. The Labute approximate surface area is 181 Å². The van der Waals surface area contributed by atoms with Gasteiger partial charge in [0.15, 0.2) is 0 Å². The lowest BCUT2D eigenvalue weighted by Crippen LogP contribution is -2.11. The Morgan fingerprint density at radius 3 is 2.68 bits per heavy atom. The van der Waals surface area contributed by atoms with E-state index < -0.39 is 5.97 Å². The van der Waals surface area contributed by atoms with Gasteiger partial charge in [-0.2, -0.15) is 5.26 Å². The van der Waals surface area contributed by atoms with Gasteiger partial charge in [-0.25, -0.2) is 4.79 Å². The summed E-state index contributed by atoms with van der Waals surface area (Å²) in [4.78, 5) is 26.5. The number of nitrogens with zero attached hydrogens (tertiary/aromatic N) is 1. The van der Waals surface area contributed by atoms with Crippen LogP contribution in [0.15, 0.2) is 34.1 Å². The van der Waals surface area contributed by atoms with Crippen molar-refractivity contribution in [3.8, 4) is 5.40 Å². The zero-order chi connectivity index (χ0) is 20.5. The molecule has 148 valence electrons. The van der Waals surface area contributed by atoms with E-state index >= 15 is 0 Å². The molecule has 0 aliphatic rings. The average molecular weight is 455 g/mol. The van der Waals surface area contributed by atoms with Crippen LogP contribution in [0.4, 0.5) is 5.00 Å². The van der Waals surface area contributed by atoms with E-state index in [1.165, 1.54) is 0 Å². The molecular formula is C19H19ClN2O3S3. The van der Waals surface area contributed by atoms with Crippen molar-refractivity contribution in [2.45, 2.75) is 36.5 Å². The molecule has 0 spiro atoms. The standard InChI is InChI=1S/C19H19ClN2O3S3/c1-3-25-19(24)17-12(2)16(27-11-21)18(28-17)22-15(23)5-4-10-26-14-8-6-13(20)7-9-14/h6-9H,3-5,10H2,1-2H3,(H,22,23). The Morgan fingerprint density at radius 2 is 2.04 bits per heavy atom. The molecule has 28 heavy (non-hydrogen) atoms. The van der Waals surface area contributed by atoms with Crippen molar-refractivity contribution in [1.29, 1.82) is 5.26 Å². The van der Waals surface area contributed by atoms with Crippen LogP contribution in [0.2, 0.25) is 5.02 Å². The second-order valence-electron chi connectivity index (χ2n) is 5.58. The largest absolute Gasteiger partial charge is 0.462 e. The molecule has 1 aromatic heterocycles. The highest BCUT2D eigenvalue weighted by molar-refractivity contribution is 8.04. The van der Waals surface area contributed by atoms with E-state index in [0.717, 1.165) is 33.7 Å². The first-order chi connectivity index (χ1) is 13.5. The van der Waals surface area contributed by atoms with Crippen molar-refractivity contribution in [1.82, 2.24) is 0 Å². The molecule has 0 aliphatic carbocycles. The van der Waals surface area contributed by atoms with E-state index in [9.17, 15) is 9.59 Å². The van der Waals surface area contributed by atoms with Gasteiger partial charge in [-0.3, -0.25) is 4.79 Å². The number of esters is 1. The molecule has 1 amide bonds. The Bertz CT molecular complexity index is 876. The smallest absolute Gasteiger partial charge is 0.348 e. The Kier molecular flexibility index (Phi) is 9.19. The minimum atomic E-state index is -0.440. The second kappa shape index (κ2) is 11.4. The van der Waals surface area contributed by atoms with Crippen molar-refractivity contribution in [3.05, 3.63) is 39.7 Å². The zero-order valence-electron chi connectivity index (χ0n) is 15.4. The zero-order valence-corrected chi connectivity index (χ0v) is 18.6. The molecular weight excluding hydrogens is 436 g/mol. The molecule has 0 atom stereocenters. The summed E-state index contributed by atoms with van der Waals surface area (Å²) in [6.45, 7) is 3.75. The number of carbonyl (C=O) groups excluding carboxylic acids is 2. The third kappa shape index (κ3) is 6.45. The van der Waals surface area contributed by atoms with E-state index in [-0.39, 0.29) is 12.5 Å². The first-order valence-electron chi connectivity index (χ1n) is 8.50. The molecule has 1 aromatic carbocycles. The number of amides is 1. The molecule has 0 saturated carbocycles. The predicted octanol–water partition coefficient (Wildman–Crippen LogP) is 5.97. The first-order valence-corrected chi connectivity index (χ1v) is 11.5. The monoisotopic (exact) mass is 454 g/mol. The third-order valence-corrected chi connectivity index (χ3v) is 7.06. The van der Waals surface area contributed by atoms with Crippen molar-refractivity contribution in [2.75, 3.05) is 17.7 Å². The van der Waals surface area contributed by atoms with Gasteiger partial charge < -0.3 is 10.1 Å². The van der Waals surface area contributed by atoms with Crippen molar-refractivity contribution >= 4 is 63.3 Å². The maximum absolute atomic E-state index is 12.3. The lowest BCUT2D eigenvalue weighted by molar-refractivity contribution is -0.116. The van der Waals surface area contributed by atoms with E-state index in [1.807, 2.05) is 29.7 Å². The molecule has 0 aliphatic heterocycles. The Balaban J connectivity index is 1.93. The summed E-state index contributed by atoms with van der Waals surface area (Å²) in [5.41, 5.74) is 0.656. The molecule has 0 bridgehead atoms. The van der Waals surface area contributed by atoms with Gasteiger partial charge in [0.2, 0.25) is 5.91 Å². The molecule has 0 fully saturated rings. The SMILES string of the molecule is CCOC(=O)c1sc(NC(=O)CCCSc2ccc(Cl)cc2)c(SC#N)c1C.